The molecule has 4 N–H and O–H groups in total. The Balaban J connectivity index is 1.22. The predicted molar refractivity (Wildman–Crippen MR) is 144 cm³/mol. The highest BCUT2D eigenvalue weighted by atomic mass is 16.5. The van der Waals surface area contributed by atoms with Gasteiger partial charge in [0.1, 0.15) is 17.7 Å². The monoisotopic (exact) mass is 500 g/mol. The molecule has 0 amide bonds. The maximum absolute atomic E-state index is 6.37. The molecule has 10 nitrogen and oxygen atoms in total. The maximum Gasteiger partial charge on any atom is 0.300 e. The van der Waals surface area contributed by atoms with E-state index in [0.717, 1.165) is 77.5 Å². The number of nitrogens with two attached hydrogens (primary N) is 1. The van der Waals surface area contributed by atoms with Gasteiger partial charge < -0.3 is 20.2 Å². The SMILES string of the molecule is COCCN1CCC(N2NC(c3ccc(Nc4nc5cc(C)cc(C)c5o4)cc3)c3c(N)ncnc32)C1. The van der Waals surface area contributed by atoms with Crippen LogP contribution in [0.4, 0.5) is 23.3 Å². The van der Waals surface area contributed by atoms with Gasteiger partial charge in [-0.25, -0.2) is 15.4 Å². The largest absolute Gasteiger partial charge is 0.423 e. The van der Waals surface area contributed by atoms with E-state index in [1.165, 1.54) is 0 Å². The number of hydrogen-bond acceptors (Lipinski definition) is 10. The van der Waals surface area contributed by atoms with Crippen molar-refractivity contribution >= 4 is 34.4 Å². The molecule has 2 aliphatic rings. The number of oxazole rings is 1. The molecule has 0 saturated carbocycles. The molecule has 2 atom stereocenters. The highest BCUT2D eigenvalue weighted by Crippen LogP contribution is 2.40. The first kappa shape index (κ1) is 23.7. The van der Waals surface area contributed by atoms with Gasteiger partial charge >= 0.3 is 0 Å². The second-order valence-corrected chi connectivity index (χ2v) is 9.86. The first-order chi connectivity index (χ1) is 18.0. The van der Waals surface area contributed by atoms with Crippen LogP contribution >= 0.6 is 0 Å². The highest BCUT2D eigenvalue weighted by Gasteiger charge is 2.39. The third-order valence-electron chi connectivity index (χ3n) is 7.22. The number of aryl methyl sites for hydroxylation is 2. The van der Waals surface area contributed by atoms with Crippen LogP contribution in [0.1, 0.15) is 34.7 Å². The molecule has 0 bridgehead atoms. The topological polar surface area (TPSA) is 118 Å². The molecule has 1 saturated heterocycles. The normalized spacial score (nSPS) is 19.6. The van der Waals surface area contributed by atoms with Crippen LogP contribution in [0.2, 0.25) is 0 Å². The summed E-state index contributed by atoms with van der Waals surface area (Å²) in [5, 5.41) is 5.47. The number of fused-ring (bicyclic) bond motifs is 2. The Morgan fingerprint density at radius 2 is 2.03 bits per heavy atom. The number of likely N-dealkylation sites (tertiary alicyclic amines) is 1. The number of methoxy groups -OCH3 is 1. The van der Waals surface area contributed by atoms with Crippen molar-refractivity contribution in [1.29, 1.82) is 0 Å². The second-order valence-electron chi connectivity index (χ2n) is 9.86. The standard InChI is InChI=1S/C27H32N8O2/c1-16-12-17(2)24-21(13-16)32-27(37-24)31-19-6-4-18(5-7-19)23-22-25(28)29-15-30-26(22)35(33-23)20-8-9-34(14-20)10-11-36-3/h4-7,12-13,15,20,23,33H,8-11,14H2,1-3H3,(H,31,32)(H2,28,29,30). The van der Waals surface area contributed by atoms with Crippen LogP contribution in [0.15, 0.2) is 47.1 Å². The Hall–Kier alpha value is -3.73. The molecule has 0 spiro atoms. The molecule has 2 unspecified atom stereocenters. The van der Waals surface area contributed by atoms with E-state index in [9.17, 15) is 0 Å². The zero-order valence-corrected chi connectivity index (χ0v) is 21.4. The van der Waals surface area contributed by atoms with Crippen molar-refractivity contribution in [3.8, 4) is 0 Å². The Bertz CT molecular complexity index is 1420. The minimum Gasteiger partial charge on any atom is -0.423 e. The zero-order chi connectivity index (χ0) is 25.5. The molecule has 192 valence electrons. The zero-order valence-electron chi connectivity index (χ0n) is 21.4. The summed E-state index contributed by atoms with van der Waals surface area (Å²) in [6.07, 6.45) is 2.58. The fraction of sp³-hybridized carbons (Fsp3) is 0.370. The molecule has 2 aliphatic heterocycles. The van der Waals surface area contributed by atoms with E-state index in [0.29, 0.717) is 17.9 Å². The van der Waals surface area contributed by atoms with E-state index in [1.54, 1.807) is 13.4 Å². The van der Waals surface area contributed by atoms with Gasteiger partial charge in [-0.1, -0.05) is 18.2 Å². The van der Waals surface area contributed by atoms with E-state index in [4.69, 9.17) is 14.9 Å². The third-order valence-corrected chi connectivity index (χ3v) is 7.22. The second kappa shape index (κ2) is 9.62. The van der Waals surface area contributed by atoms with Gasteiger partial charge in [-0.05, 0) is 55.2 Å². The first-order valence-electron chi connectivity index (χ1n) is 12.6. The van der Waals surface area contributed by atoms with Gasteiger partial charge in [0.2, 0.25) is 0 Å². The number of rotatable bonds is 7. The lowest BCUT2D eigenvalue weighted by Gasteiger charge is -2.27. The van der Waals surface area contributed by atoms with Crippen LogP contribution in [0.25, 0.3) is 11.1 Å². The summed E-state index contributed by atoms with van der Waals surface area (Å²) in [4.78, 5) is 15.9. The summed E-state index contributed by atoms with van der Waals surface area (Å²) in [7, 11) is 1.74. The molecule has 0 radical (unpaired) electrons. The first-order valence-corrected chi connectivity index (χ1v) is 12.6. The molecule has 2 aromatic carbocycles. The van der Waals surface area contributed by atoms with Crippen molar-refractivity contribution in [1.82, 2.24) is 25.3 Å². The minimum atomic E-state index is -0.131. The Kier molecular flexibility index (Phi) is 6.15. The lowest BCUT2D eigenvalue weighted by atomic mass is 10.0. The van der Waals surface area contributed by atoms with Gasteiger partial charge in [0, 0.05) is 32.4 Å². The Labute approximate surface area is 215 Å². The number of nitrogens with one attached hydrogen (secondary N) is 2. The van der Waals surface area contributed by atoms with Crippen molar-refractivity contribution in [2.75, 3.05) is 49.4 Å². The molecule has 4 heterocycles. The minimum absolute atomic E-state index is 0.131. The van der Waals surface area contributed by atoms with E-state index < -0.39 is 0 Å². The van der Waals surface area contributed by atoms with Gasteiger partial charge in [-0.2, -0.15) is 4.98 Å². The van der Waals surface area contributed by atoms with Gasteiger partial charge in [-0.3, -0.25) is 9.91 Å². The number of anilines is 4. The van der Waals surface area contributed by atoms with Gasteiger partial charge in [0.05, 0.1) is 24.3 Å². The fourth-order valence-corrected chi connectivity index (χ4v) is 5.41. The number of ether oxygens (including phenoxy) is 1. The molecular formula is C27H32N8O2. The number of hydrogen-bond donors (Lipinski definition) is 3. The number of nitrogen functional groups attached to an aromatic ring is 1. The molecule has 1 fully saturated rings. The van der Waals surface area contributed by atoms with Crippen molar-refractivity contribution in [3.63, 3.8) is 0 Å². The lowest BCUT2D eigenvalue weighted by Crippen LogP contribution is -2.45. The smallest absolute Gasteiger partial charge is 0.300 e. The third kappa shape index (κ3) is 4.48. The van der Waals surface area contributed by atoms with Crippen LogP contribution in [0.5, 0.6) is 0 Å². The number of nitrogens with zero attached hydrogens (tertiary/aromatic N) is 5. The van der Waals surface area contributed by atoms with E-state index >= 15 is 0 Å². The molecule has 37 heavy (non-hydrogen) atoms. The summed E-state index contributed by atoms with van der Waals surface area (Å²) in [6.45, 7) is 7.73. The fourth-order valence-electron chi connectivity index (χ4n) is 5.41. The highest BCUT2D eigenvalue weighted by molar-refractivity contribution is 5.79. The lowest BCUT2D eigenvalue weighted by molar-refractivity contribution is 0.160. The van der Waals surface area contributed by atoms with Crippen LogP contribution < -0.4 is 21.5 Å². The van der Waals surface area contributed by atoms with Crippen LogP contribution in [0.3, 0.4) is 0 Å². The van der Waals surface area contributed by atoms with Crippen molar-refractivity contribution in [3.05, 3.63) is 65.0 Å². The summed E-state index contributed by atoms with van der Waals surface area (Å²) < 4.78 is 11.2. The molecule has 2 aromatic heterocycles. The van der Waals surface area contributed by atoms with E-state index in [2.05, 4.69) is 60.7 Å². The Morgan fingerprint density at radius 3 is 2.84 bits per heavy atom. The number of aromatic nitrogens is 3. The molecule has 6 rings (SSSR count). The summed E-state index contributed by atoms with van der Waals surface area (Å²) >= 11 is 0. The quantitative estimate of drug-likeness (QED) is 0.347. The maximum atomic E-state index is 6.37. The number of hydrazine groups is 1. The summed E-state index contributed by atoms with van der Waals surface area (Å²) in [5.74, 6) is 1.36. The average Bonchev–Trinajstić information content (AvgIpc) is 3.60. The Morgan fingerprint density at radius 1 is 1.19 bits per heavy atom. The summed E-state index contributed by atoms with van der Waals surface area (Å²) in [6, 6.07) is 13.0. The van der Waals surface area contributed by atoms with Crippen LogP contribution in [-0.2, 0) is 4.74 Å². The van der Waals surface area contributed by atoms with Gasteiger partial charge in [0.15, 0.2) is 11.4 Å². The molecule has 4 aromatic rings. The molecule has 0 aliphatic carbocycles. The van der Waals surface area contributed by atoms with E-state index in [1.807, 2.05) is 25.1 Å². The van der Waals surface area contributed by atoms with Crippen molar-refractivity contribution < 1.29 is 9.15 Å². The average molecular weight is 501 g/mol. The molecule has 10 heteroatoms. The van der Waals surface area contributed by atoms with Crippen LogP contribution in [0, 0.1) is 13.8 Å². The summed E-state index contributed by atoms with van der Waals surface area (Å²) in [5.41, 5.74) is 16.8. The van der Waals surface area contributed by atoms with Gasteiger partial charge in [-0.15, -0.1) is 0 Å². The van der Waals surface area contributed by atoms with E-state index in [-0.39, 0.29) is 6.04 Å². The predicted octanol–water partition coefficient (Wildman–Crippen LogP) is 3.70. The van der Waals surface area contributed by atoms with Gasteiger partial charge in [0.25, 0.3) is 6.01 Å². The number of benzene rings is 2. The van der Waals surface area contributed by atoms with Crippen molar-refractivity contribution in [2.24, 2.45) is 0 Å². The van der Waals surface area contributed by atoms with Crippen LogP contribution in [-0.4, -0.2) is 59.2 Å². The van der Waals surface area contributed by atoms with Crippen molar-refractivity contribution in [2.45, 2.75) is 32.4 Å². The molecular weight excluding hydrogens is 468 g/mol.